The molecule has 0 aliphatic heterocycles. The Balaban J connectivity index is 0.996. The van der Waals surface area contributed by atoms with Crippen molar-refractivity contribution in [1.82, 2.24) is 14.5 Å². The summed E-state index contributed by atoms with van der Waals surface area (Å²) in [6, 6.07) is 27.3. The zero-order valence-electron chi connectivity index (χ0n) is 23.7. The number of hydrogen-bond acceptors (Lipinski definition) is 8. The Kier molecular flexibility index (Phi) is 8.64. The number of benzene rings is 3. The third kappa shape index (κ3) is 7.32. The van der Waals surface area contributed by atoms with Crippen LogP contribution in [0.3, 0.4) is 0 Å². The summed E-state index contributed by atoms with van der Waals surface area (Å²) < 4.78 is 23.3. The van der Waals surface area contributed by atoms with Crippen LogP contribution in [0.15, 0.2) is 116 Å². The van der Waals surface area contributed by atoms with Crippen molar-refractivity contribution in [3.8, 4) is 11.6 Å². The molecule has 3 aromatic heterocycles. The van der Waals surface area contributed by atoms with Gasteiger partial charge in [0.25, 0.3) is 0 Å². The topological polar surface area (TPSA) is 117 Å². The van der Waals surface area contributed by atoms with E-state index in [1.54, 1.807) is 12.3 Å². The highest BCUT2D eigenvalue weighted by Gasteiger charge is 2.17. The lowest BCUT2D eigenvalue weighted by Gasteiger charge is -2.05. The Hall–Kier alpha value is -5.83. The molecule has 0 saturated carbocycles. The number of nitrogens with zero attached hydrogens (tertiary/aromatic N) is 3. The smallest absolute Gasteiger partial charge is 0.422 e. The Morgan fingerprint density at radius 2 is 1.32 bits per heavy atom. The van der Waals surface area contributed by atoms with Crippen LogP contribution in [-0.2, 0) is 26.0 Å². The SMILES string of the molecule is O=c1oc(CCc2ccc(OCc3coc(C=Cc4ccccc4)n3)cc2)c(O)n1Cc1coc(C=Cc2ccccc2)n1. The summed E-state index contributed by atoms with van der Waals surface area (Å²) in [5, 5.41) is 10.7. The van der Waals surface area contributed by atoms with E-state index in [-0.39, 0.29) is 24.8 Å². The highest BCUT2D eigenvalue weighted by Crippen LogP contribution is 2.21. The first-order chi connectivity index (χ1) is 21.6. The summed E-state index contributed by atoms with van der Waals surface area (Å²) in [7, 11) is 0. The molecule has 44 heavy (non-hydrogen) atoms. The van der Waals surface area contributed by atoms with Crippen LogP contribution >= 0.6 is 0 Å². The van der Waals surface area contributed by atoms with Gasteiger partial charge in [-0.1, -0.05) is 72.8 Å². The molecule has 0 saturated heterocycles. The minimum absolute atomic E-state index is 0.0270. The number of oxazole rings is 3. The van der Waals surface area contributed by atoms with Gasteiger partial charge in [-0.05, 0) is 47.4 Å². The van der Waals surface area contributed by atoms with Crippen LogP contribution < -0.4 is 10.5 Å². The van der Waals surface area contributed by atoms with Crippen LogP contribution in [0.25, 0.3) is 24.3 Å². The molecule has 9 nitrogen and oxygen atoms in total. The second kappa shape index (κ2) is 13.4. The molecule has 9 heteroatoms. The van der Waals surface area contributed by atoms with Gasteiger partial charge < -0.3 is 23.1 Å². The van der Waals surface area contributed by atoms with Gasteiger partial charge in [0.2, 0.25) is 17.7 Å². The quantitative estimate of drug-likeness (QED) is 0.165. The first-order valence-electron chi connectivity index (χ1n) is 14.1. The fraction of sp³-hybridized carbons (Fsp3) is 0.114. The first kappa shape index (κ1) is 28.3. The Morgan fingerprint density at radius 1 is 0.727 bits per heavy atom. The second-order valence-corrected chi connectivity index (χ2v) is 9.98. The van der Waals surface area contributed by atoms with E-state index in [1.807, 2.05) is 103 Å². The van der Waals surface area contributed by atoms with Crippen molar-refractivity contribution < 1.29 is 23.1 Å². The van der Waals surface area contributed by atoms with E-state index in [9.17, 15) is 9.90 Å². The predicted molar refractivity (Wildman–Crippen MR) is 166 cm³/mol. The summed E-state index contributed by atoms with van der Waals surface area (Å²) in [4.78, 5) is 21.3. The van der Waals surface area contributed by atoms with E-state index in [0.29, 0.717) is 41.8 Å². The minimum atomic E-state index is -0.655. The zero-order chi connectivity index (χ0) is 30.1. The van der Waals surface area contributed by atoms with Gasteiger partial charge in [0, 0.05) is 18.6 Å². The summed E-state index contributed by atoms with van der Waals surface area (Å²) >= 11 is 0. The second-order valence-electron chi connectivity index (χ2n) is 9.98. The molecule has 0 aliphatic carbocycles. The fourth-order valence-electron chi connectivity index (χ4n) is 4.48. The molecule has 3 heterocycles. The Labute approximate surface area is 253 Å². The van der Waals surface area contributed by atoms with E-state index in [4.69, 9.17) is 18.0 Å². The van der Waals surface area contributed by atoms with Crippen LogP contribution in [0.4, 0.5) is 0 Å². The fourth-order valence-corrected chi connectivity index (χ4v) is 4.48. The number of aromatic hydroxyl groups is 1. The van der Waals surface area contributed by atoms with Gasteiger partial charge >= 0.3 is 5.76 Å². The average Bonchev–Trinajstić information content (AvgIpc) is 3.79. The number of aromatic nitrogens is 3. The lowest BCUT2D eigenvalue weighted by Crippen LogP contribution is -2.14. The molecule has 1 N–H and O–H groups in total. The molecular formula is C35H29N3O6. The maximum absolute atomic E-state index is 12.5. The maximum Gasteiger partial charge on any atom is 0.422 e. The van der Waals surface area contributed by atoms with Crippen molar-refractivity contribution in [2.45, 2.75) is 26.0 Å². The third-order valence-corrected chi connectivity index (χ3v) is 6.78. The predicted octanol–water partition coefficient (Wildman–Crippen LogP) is 6.88. The van der Waals surface area contributed by atoms with Crippen LogP contribution in [0, 0.1) is 0 Å². The van der Waals surface area contributed by atoms with E-state index >= 15 is 0 Å². The molecule has 0 fully saturated rings. The molecule has 0 spiro atoms. The van der Waals surface area contributed by atoms with Crippen LogP contribution in [0.5, 0.6) is 11.6 Å². The maximum atomic E-state index is 12.5. The monoisotopic (exact) mass is 587 g/mol. The van der Waals surface area contributed by atoms with Crippen LogP contribution in [0.1, 0.15) is 45.6 Å². The third-order valence-electron chi connectivity index (χ3n) is 6.78. The molecule has 220 valence electrons. The van der Waals surface area contributed by atoms with Gasteiger partial charge in [-0.25, -0.2) is 19.3 Å². The number of ether oxygens (including phenoxy) is 1. The Morgan fingerprint density at radius 3 is 1.95 bits per heavy atom. The number of rotatable bonds is 12. The van der Waals surface area contributed by atoms with Crippen LogP contribution in [0.2, 0.25) is 0 Å². The van der Waals surface area contributed by atoms with Crippen LogP contribution in [-0.4, -0.2) is 19.6 Å². The highest BCUT2D eigenvalue weighted by atomic mass is 16.5. The molecule has 0 radical (unpaired) electrons. The molecule has 0 aliphatic rings. The molecule has 0 bridgehead atoms. The van der Waals surface area contributed by atoms with Gasteiger partial charge in [0.15, 0.2) is 5.76 Å². The van der Waals surface area contributed by atoms with E-state index < -0.39 is 5.76 Å². The first-order valence-corrected chi connectivity index (χ1v) is 14.1. The average molecular weight is 588 g/mol. The summed E-state index contributed by atoms with van der Waals surface area (Å²) in [6.07, 6.45) is 11.3. The van der Waals surface area contributed by atoms with Gasteiger partial charge in [-0.2, -0.15) is 0 Å². The molecule has 0 atom stereocenters. The lowest BCUT2D eigenvalue weighted by molar-refractivity contribution is 0.301. The van der Waals surface area contributed by atoms with Gasteiger partial charge in [0.1, 0.15) is 30.6 Å². The van der Waals surface area contributed by atoms with Crippen molar-refractivity contribution >= 4 is 24.3 Å². The van der Waals surface area contributed by atoms with Crippen molar-refractivity contribution in [3.63, 3.8) is 0 Å². The van der Waals surface area contributed by atoms with Crippen molar-refractivity contribution in [2.75, 3.05) is 0 Å². The molecule has 3 aromatic carbocycles. The van der Waals surface area contributed by atoms with E-state index in [2.05, 4.69) is 9.97 Å². The van der Waals surface area contributed by atoms with Gasteiger partial charge in [-0.3, -0.25) is 0 Å². The van der Waals surface area contributed by atoms with E-state index in [0.717, 1.165) is 21.3 Å². The normalized spacial score (nSPS) is 11.5. The summed E-state index contributed by atoms with van der Waals surface area (Å²) in [5.41, 5.74) is 4.24. The van der Waals surface area contributed by atoms with E-state index in [1.165, 1.54) is 6.26 Å². The molecule has 0 amide bonds. The molecule has 6 rings (SSSR count). The number of hydrogen-bond donors (Lipinski definition) is 1. The zero-order valence-corrected chi connectivity index (χ0v) is 23.7. The molecule has 0 unspecified atom stereocenters. The highest BCUT2D eigenvalue weighted by molar-refractivity contribution is 5.66. The van der Waals surface area contributed by atoms with Gasteiger partial charge in [0.05, 0.1) is 12.2 Å². The summed E-state index contributed by atoms with van der Waals surface area (Å²) in [5.74, 6) is 0.931. The Bertz CT molecular complexity index is 1910. The van der Waals surface area contributed by atoms with Gasteiger partial charge in [-0.15, -0.1) is 0 Å². The standard InChI is InChI=1S/C35H29N3O6/c39-34-31(44-35(40)38(34)21-28-22-42-32(36-28)19-14-25-7-3-1-4-8-25)18-13-27-11-16-30(17-12-27)41-23-29-24-43-33(37-29)20-15-26-9-5-2-6-10-26/h1-12,14-17,19-20,22,24,39H,13,18,21,23H2. The largest absolute Gasteiger partial charge is 0.492 e. The van der Waals surface area contributed by atoms with Crippen molar-refractivity contribution in [1.29, 1.82) is 0 Å². The minimum Gasteiger partial charge on any atom is -0.492 e. The molecule has 6 aromatic rings. The van der Waals surface area contributed by atoms with Crippen molar-refractivity contribution in [3.05, 3.63) is 154 Å². The summed E-state index contributed by atoms with van der Waals surface area (Å²) in [6.45, 7) is 0.296. The number of aryl methyl sites for hydroxylation is 2. The molecular weight excluding hydrogens is 558 g/mol. The lowest BCUT2D eigenvalue weighted by atomic mass is 10.1. The van der Waals surface area contributed by atoms with Crippen molar-refractivity contribution in [2.24, 2.45) is 0 Å².